The molecule has 2 N–H and O–H groups in total. The van der Waals surface area contributed by atoms with Gasteiger partial charge in [-0.3, -0.25) is 0 Å². The standard InChI is InChI=1S/C13H20N6/c1-19-6-2-11(3-7-19)9-16-13-8-12(15-5-4-14)17-10-18-13/h8,10-11H,2-3,5-7,9H2,1H3,(H2,15,16,17,18). The van der Waals surface area contributed by atoms with E-state index in [1.165, 1.54) is 32.3 Å². The van der Waals surface area contributed by atoms with Crippen LogP contribution in [0.1, 0.15) is 12.8 Å². The lowest BCUT2D eigenvalue weighted by atomic mass is 9.97. The highest BCUT2D eigenvalue weighted by Gasteiger charge is 2.16. The lowest BCUT2D eigenvalue weighted by Crippen LogP contribution is -2.33. The lowest BCUT2D eigenvalue weighted by molar-refractivity contribution is 0.226. The first-order valence-electron chi connectivity index (χ1n) is 6.63. The first-order chi connectivity index (χ1) is 9.28. The molecule has 0 atom stereocenters. The average Bonchev–Trinajstić information content (AvgIpc) is 2.45. The third-order valence-electron chi connectivity index (χ3n) is 3.43. The minimum Gasteiger partial charge on any atom is -0.370 e. The number of hydrogen-bond donors (Lipinski definition) is 2. The van der Waals surface area contributed by atoms with Crippen LogP contribution in [0.2, 0.25) is 0 Å². The Hall–Kier alpha value is -1.87. The molecular formula is C13H20N6. The Kier molecular flexibility index (Phi) is 4.93. The number of piperidine rings is 1. The van der Waals surface area contributed by atoms with Crippen LogP contribution < -0.4 is 10.6 Å². The van der Waals surface area contributed by atoms with Crippen molar-refractivity contribution in [3.05, 3.63) is 12.4 Å². The third-order valence-corrected chi connectivity index (χ3v) is 3.43. The molecule has 0 saturated carbocycles. The summed E-state index contributed by atoms with van der Waals surface area (Å²) >= 11 is 0. The molecule has 0 bridgehead atoms. The van der Waals surface area contributed by atoms with E-state index in [-0.39, 0.29) is 6.54 Å². The summed E-state index contributed by atoms with van der Waals surface area (Å²) in [5.41, 5.74) is 0. The molecule has 0 amide bonds. The summed E-state index contributed by atoms with van der Waals surface area (Å²) < 4.78 is 0. The van der Waals surface area contributed by atoms with Gasteiger partial charge in [0.2, 0.25) is 0 Å². The van der Waals surface area contributed by atoms with Crippen LogP contribution in [0.5, 0.6) is 0 Å². The van der Waals surface area contributed by atoms with Crippen LogP contribution in [0.3, 0.4) is 0 Å². The molecule has 1 aromatic rings. The van der Waals surface area contributed by atoms with E-state index < -0.39 is 0 Å². The fourth-order valence-corrected chi connectivity index (χ4v) is 2.20. The van der Waals surface area contributed by atoms with E-state index in [2.05, 4.69) is 32.5 Å². The lowest BCUT2D eigenvalue weighted by Gasteiger charge is -2.29. The molecule has 1 aromatic heterocycles. The van der Waals surface area contributed by atoms with Crippen LogP contribution in [0.15, 0.2) is 12.4 Å². The van der Waals surface area contributed by atoms with Gasteiger partial charge >= 0.3 is 0 Å². The normalized spacial score (nSPS) is 16.8. The van der Waals surface area contributed by atoms with Crippen LogP contribution in [0.4, 0.5) is 11.6 Å². The Morgan fingerprint density at radius 3 is 2.68 bits per heavy atom. The maximum absolute atomic E-state index is 8.52. The maximum Gasteiger partial charge on any atom is 0.132 e. The molecule has 6 heteroatoms. The molecular weight excluding hydrogens is 240 g/mol. The Morgan fingerprint density at radius 1 is 1.32 bits per heavy atom. The predicted octanol–water partition coefficient (Wildman–Crippen LogP) is 1.17. The fraction of sp³-hybridized carbons (Fsp3) is 0.615. The van der Waals surface area contributed by atoms with E-state index in [0.717, 1.165) is 12.4 Å². The fourth-order valence-electron chi connectivity index (χ4n) is 2.20. The number of nitrogens with zero attached hydrogens (tertiary/aromatic N) is 4. The van der Waals surface area contributed by atoms with Crippen LogP contribution in [0.25, 0.3) is 0 Å². The molecule has 1 aliphatic rings. The van der Waals surface area contributed by atoms with Gasteiger partial charge in [-0.2, -0.15) is 5.26 Å². The minimum atomic E-state index is 0.255. The number of nitriles is 1. The molecule has 1 fully saturated rings. The van der Waals surface area contributed by atoms with Crippen LogP contribution >= 0.6 is 0 Å². The first kappa shape index (κ1) is 13.6. The van der Waals surface area contributed by atoms with Gasteiger partial charge in [-0.1, -0.05) is 0 Å². The Bertz CT molecular complexity index is 433. The highest BCUT2D eigenvalue weighted by atomic mass is 15.1. The highest BCUT2D eigenvalue weighted by Crippen LogP contribution is 2.17. The SMILES string of the molecule is CN1CCC(CNc2cc(NCC#N)ncn2)CC1. The molecule has 102 valence electrons. The topological polar surface area (TPSA) is 76.9 Å². The van der Waals surface area contributed by atoms with Crippen LogP contribution in [0, 0.1) is 17.2 Å². The molecule has 2 heterocycles. The smallest absolute Gasteiger partial charge is 0.132 e. The zero-order valence-corrected chi connectivity index (χ0v) is 11.3. The van der Waals surface area contributed by atoms with Gasteiger partial charge in [0, 0.05) is 12.6 Å². The van der Waals surface area contributed by atoms with Crippen molar-refractivity contribution in [1.82, 2.24) is 14.9 Å². The largest absolute Gasteiger partial charge is 0.370 e. The molecule has 19 heavy (non-hydrogen) atoms. The summed E-state index contributed by atoms with van der Waals surface area (Å²) in [7, 11) is 2.17. The second kappa shape index (κ2) is 6.90. The van der Waals surface area contributed by atoms with Gasteiger partial charge in [0.25, 0.3) is 0 Å². The molecule has 1 saturated heterocycles. The maximum atomic E-state index is 8.52. The number of hydrogen-bond acceptors (Lipinski definition) is 6. The highest BCUT2D eigenvalue weighted by molar-refractivity contribution is 5.46. The molecule has 1 aliphatic heterocycles. The van der Waals surface area contributed by atoms with Gasteiger partial charge in [0.15, 0.2) is 0 Å². The van der Waals surface area contributed by atoms with Crippen LogP contribution in [-0.2, 0) is 0 Å². The quantitative estimate of drug-likeness (QED) is 0.774. The Labute approximate surface area is 113 Å². The summed E-state index contributed by atoms with van der Waals surface area (Å²) in [4.78, 5) is 10.6. The summed E-state index contributed by atoms with van der Waals surface area (Å²) in [5, 5.41) is 14.8. The van der Waals surface area contributed by atoms with Crippen LogP contribution in [-0.4, -0.2) is 48.1 Å². The zero-order valence-electron chi connectivity index (χ0n) is 11.3. The number of aromatic nitrogens is 2. The Balaban J connectivity index is 1.80. The van der Waals surface area contributed by atoms with Crippen molar-refractivity contribution in [1.29, 1.82) is 5.26 Å². The molecule has 6 nitrogen and oxygen atoms in total. The number of anilines is 2. The van der Waals surface area contributed by atoms with E-state index in [4.69, 9.17) is 5.26 Å². The van der Waals surface area contributed by atoms with Gasteiger partial charge in [-0.15, -0.1) is 0 Å². The molecule has 0 radical (unpaired) electrons. The van der Waals surface area contributed by atoms with E-state index in [1.807, 2.05) is 12.1 Å². The van der Waals surface area contributed by atoms with Crippen molar-refractivity contribution in [2.24, 2.45) is 5.92 Å². The number of rotatable bonds is 5. The summed E-state index contributed by atoms with van der Waals surface area (Å²) in [6, 6.07) is 3.87. The Morgan fingerprint density at radius 2 is 2.00 bits per heavy atom. The van der Waals surface area contributed by atoms with Gasteiger partial charge < -0.3 is 15.5 Å². The van der Waals surface area contributed by atoms with Gasteiger partial charge in [0.05, 0.1) is 6.07 Å². The van der Waals surface area contributed by atoms with Crippen molar-refractivity contribution in [3.8, 4) is 6.07 Å². The third kappa shape index (κ3) is 4.38. The summed E-state index contributed by atoms with van der Waals surface area (Å²) in [5.74, 6) is 2.21. The molecule has 0 aromatic carbocycles. The molecule has 0 unspecified atom stereocenters. The van der Waals surface area contributed by atoms with E-state index in [0.29, 0.717) is 11.7 Å². The van der Waals surface area contributed by atoms with Crippen molar-refractivity contribution in [2.45, 2.75) is 12.8 Å². The zero-order chi connectivity index (χ0) is 13.5. The number of likely N-dealkylation sites (tertiary alicyclic amines) is 1. The summed E-state index contributed by atoms with van der Waals surface area (Å²) in [6.07, 6.45) is 3.97. The van der Waals surface area contributed by atoms with E-state index >= 15 is 0 Å². The second-order valence-corrected chi connectivity index (χ2v) is 4.93. The van der Waals surface area contributed by atoms with Gasteiger partial charge in [-0.05, 0) is 38.9 Å². The predicted molar refractivity (Wildman–Crippen MR) is 74.8 cm³/mol. The average molecular weight is 260 g/mol. The van der Waals surface area contributed by atoms with Crippen molar-refractivity contribution in [2.75, 3.05) is 43.9 Å². The van der Waals surface area contributed by atoms with Crippen molar-refractivity contribution < 1.29 is 0 Å². The van der Waals surface area contributed by atoms with Gasteiger partial charge in [0.1, 0.15) is 24.5 Å². The second-order valence-electron chi connectivity index (χ2n) is 4.93. The molecule has 0 spiro atoms. The summed E-state index contributed by atoms with van der Waals surface area (Å²) in [6.45, 7) is 3.55. The van der Waals surface area contributed by atoms with Crippen molar-refractivity contribution >= 4 is 11.6 Å². The molecule has 2 rings (SSSR count). The monoisotopic (exact) mass is 260 g/mol. The van der Waals surface area contributed by atoms with Gasteiger partial charge in [-0.25, -0.2) is 9.97 Å². The first-order valence-corrected chi connectivity index (χ1v) is 6.63. The molecule has 0 aliphatic carbocycles. The number of nitrogens with one attached hydrogen (secondary N) is 2. The van der Waals surface area contributed by atoms with Crippen molar-refractivity contribution in [3.63, 3.8) is 0 Å². The van der Waals surface area contributed by atoms with E-state index in [9.17, 15) is 0 Å². The minimum absolute atomic E-state index is 0.255. The van der Waals surface area contributed by atoms with E-state index in [1.54, 1.807) is 0 Å².